The summed E-state index contributed by atoms with van der Waals surface area (Å²) >= 11 is 5.74. The van der Waals surface area contributed by atoms with Crippen molar-refractivity contribution in [3.63, 3.8) is 0 Å². The average molecular weight is 315 g/mol. The lowest BCUT2D eigenvalue weighted by Crippen LogP contribution is -2.02. The molecule has 0 unspecified atom stereocenters. The summed E-state index contributed by atoms with van der Waals surface area (Å²) < 4.78 is 55.3. The van der Waals surface area contributed by atoms with Gasteiger partial charge in [0.15, 0.2) is 11.6 Å². The summed E-state index contributed by atoms with van der Waals surface area (Å²) in [5.41, 5.74) is -0.0833. The van der Waals surface area contributed by atoms with Crippen molar-refractivity contribution in [3.05, 3.63) is 59.4 Å². The summed E-state index contributed by atoms with van der Waals surface area (Å²) in [6, 6.07) is 4.87. The normalized spacial score (nSPS) is 11.3. The van der Waals surface area contributed by atoms with Gasteiger partial charge in [0.25, 0.3) is 0 Å². The van der Waals surface area contributed by atoms with E-state index in [1.165, 1.54) is 6.07 Å². The summed E-state index contributed by atoms with van der Waals surface area (Å²) in [7, 11) is 0. The topological polar surface area (TPSA) is 17.8 Å². The highest BCUT2D eigenvalue weighted by Crippen LogP contribution is 2.27. The molecule has 0 aliphatic heterocycles. The Balaban J connectivity index is 2.42. The first-order chi connectivity index (χ1) is 10.0. The van der Waals surface area contributed by atoms with E-state index < -0.39 is 23.3 Å². The van der Waals surface area contributed by atoms with E-state index in [4.69, 9.17) is 11.6 Å². The smallest absolute Gasteiger partial charge is 0.185 e. The predicted molar refractivity (Wildman–Crippen MR) is 70.5 cm³/mol. The van der Waals surface area contributed by atoms with Gasteiger partial charge in [-0.1, -0.05) is 0 Å². The van der Waals surface area contributed by atoms with Gasteiger partial charge >= 0.3 is 0 Å². The van der Waals surface area contributed by atoms with Crippen molar-refractivity contribution in [2.24, 2.45) is 0 Å². The molecule has 0 aliphatic carbocycles. The Labute approximate surface area is 121 Å². The van der Waals surface area contributed by atoms with E-state index in [2.05, 4.69) is 4.98 Å². The van der Waals surface area contributed by atoms with E-state index >= 15 is 0 Å². The van der Waals surface area contributed by atoms with Gasteiger partial charge in [-0.05, 0) is 24.3 Å². The van der Waals surface area contributed by atoms with Crippen LogP contribution in [-0.4, -0.2) is 9.55 Å². The number of imidazole rings is 1. The monoisotopic (exact) mass is 314 g/mol. The van der Waals surface area contributed by atoms with Crippen LogP contribution in [0.3, 0.4) is 0 Å². The molecule has 0 radical (unpaired) electrons. The summed E-state index contributed by atoms with van der Waals surface area (Å²) in [5, 5.41) is 0. The third kappa shape index (κ3) is 2.25. The fourth-order valence-electron chi connectivity index (χ4n) is 2.19. The van der Waals surface area contributed by atoms with Crippen molar-refractivity contribution >= 4 is 22.6 Å². The number of aromatic nitrogens is 2. The fourth-order valence-corrected chi connectivity index (χ4v) is 2.37. The van der Waals surface area contributed by atoms with Gasteiger partial charge in [-0.25, -0.2) is 22.5 Å². The summed E-state index contributed by atoms with van der Waals surface area (Å²) in [4.78, 5) is 4.05. The number of nitrogens with zero attached hydrogens (tertiary/aromatic N) is 2. The Morgan fingerprint density at radius 3 is 2.29 bits per heavy atom. The second-order valence-corrected chi connectivity index (χ2v) is 4.62. The SMILES string of the molecule is Fc1cc(F)cc(-n2c(CCl)nc3ccc(F)c(F)c32)c1. The van der Waals surface area contributed by atoms with Crippen LogP contribution in [-0.2, 0) is 5.88 Å². The van der Waals surface area contributed by atoms with E-state index in [0.29, 0.717) is 6.07 Å². The van der Waals surface area contributed by atoms with Crippen LogP contribution in [0, 0.1) is 23.3 Å². The summed E-state index contributed by atoms with van der Waals surface area (Å²) in [6.45, 7) is 0. The summed E-state index contributed by atoms with van der Waals surface area (Å²) in [6.07, 6.45) is 0. The summed E-state index contributed by atoms with van der Waals surface area (Å²) in [5.74, 6) is -3.90. The minimum absolute atomic E-state index is 0.0184. The van der Waals surface area contributed by atoms with Crippen LogP contribution in [0.25, 0.3) is 16.7 Å². The average Bonchev–Trinajstić information content (AvgIpc) is 2.81. The molecule has 0 saturated carbocycles. The zero-order valence-electron chi connectivity index (χ0n) is 10.4. The molecule has 108 valence electrons. The Hall–Kier alpha value is -2.08. The van der Waals surface area contributed by atoms with Gasteiger partial charge in [0.05, 0.1) is 17.1 Å². The number of benzene rings is 2. The van der Waals surface area contributed by atoms with Crippen molar-refractivity contribution in [3.8, 4) is 5.69 Å². The van der Waals surface area contributed by atoms with Gasteiger partial charge in [0, 0.05) is 6.07 Å². The number of fused-ring (bicyclic) bond motifs is 1. The van der Waals surface area contributed by atoms with E-state index in [9.17, 15) is 17.6 Å². The van der Waals surface area contributed by atoms with Crippen molar-refractivity contribution in [1.82, 2.24) is 9.55 Å². The van der Waals surface area contributed by atoms with Crippen LogP contribution in [0.15, 0.2) is 30.3 Å². The lowest BCUT2D eigenvalue weighted by atomic mass is 10.2. The van der Waals surface area contributed by atoms with Crippen molar-refractivity contribution in [2.45, 2.75) is 5.88 Å². The van der Waals surface area contributed by atoms with Crippen LogP contribution in [0.1, 0.15) is 5.82 Å². The molecule has 0 fully saturated rings. The Kier molecular flexibility index (Phi) is 3.33. The molecule has 1 heterocycles. The second kappa shape index (κ2) is 5.04. The van der Waals surface area contributed by atoms with Crippen LogP contribution in [0.4, 0.5) is 17.6 Å². The molecule has 0 atom stereocenters. The highest BCUT2D eigenvalue weighted by atomic mass is 35.5. The number of alkyl halides is 1. The van der Waals surface area contributed by atoms with Gasteiger partial charge in [0.2, 0.25) is 0 Å². The van der Waals surface area contributed by atoms with Crippen molar-refractivity contribution < 1.29 is 17.6 Å². The van der Waals surface area contributed by atoms with Gasteiger partial charge in [-0.15, -0.1) is 11.6 Å². The largest absolute Gasteiger partial charge is 0.292 e. The maximum Gasteiger partial charge on any atom is 0.185 e. The highest BCUT2D eigenvalue weighted by molar-refractivity contribution is 6.17. The molecular weight excluding hydrogens is 308 g/mol. The minimum atomic E-state index is -1.15. The zero-order valence-corrected chi connectivity index (χ0v) is 11.1. The van der Waals surface area contributed by atoms with Crippen molar-refractivity contribution in [1.29, 1.82) is 0 Å². The molecule has 0 amide bonds. The molecule has 3 rings (SSSR count). The molecule has 7 heteroatoms. The maximum absolute atomic E-state index is 14.0. The molecule has 0 aliphatic rings. The van der Waals surface area contributed by atoms with E-state index in [1.807, 2.05) is 0 Å². The lowest BCUT2D eigenvalue weighted by molar-refractivity contribution is 0.514. The number of rotatable bonds is 2. The highest BCUT2D eigenvalue weighted by Gasteiger charge is 2.19. The fraction of sp³-hybridized carbons (Fsp3) is 0.0714. The van der Waals surface area contributed by atoms with Crippen LogP contribution in [0.2, 0.25) is 0 Å². The van der Waals surface area contributed by atoms with E-state index in [0.717, 1.165) is 22.8 Å². The van der Waals surface area contributed by atoms with E-state index in [-0.39, 0.29) is 28.4 Å². The maximum atomic E-state index is 14.0. The van der Waals surface area contributed by atoms with Crippen LogP contribution < -0.4 is 0 Å². The molecule has 2 nitrogen and oxygen atoms in total. The quantitative estimate of drug-likeness (QED) is 0.509. The van der Waals surface area contributed by atoms with Gasteiger partial charge < -0.3 is 0 Å². The first-order valence-corrected chi connectivity index (χ1v) is 6.42. The minimum Gasteiger partial charge on any atom is -0.292 e. The Bertz CT molecular complexity index is 824. The van der Waals surface area contributed by atoms with Gasteiger partial charge in [0.1, 0.15) is 23.0 Å². The molecule has 0 spiro atoms. The first kappa shape index (κ1) is 13.9. The third-order valence-corrected chi connectivity index (χ3v) is 3.24. The van der Waals surface area contributed by atoms with Gasteiger partial charge in [-0.2, -0.15) is 0 Å². The molecule has 1 aromatic heterocycles. The molecule has 0 saturated heterocycles. The first-order valence-electron chi connectivity index (χ1n) is 5.89. The third-order valence-electron chi connectivity index (χ3n) is 3.00. The van der Waals surface area contributed by atoms with Crippen LogP contribution in [0.5, 0.6) is 0 Å². The Morgan fingerprint density at radius 2 is 1.67 bits per heavy atom. The molecule has 3 aromatic rings. The second-order valence-electron chi connectivity index (χ2n) is 4.35. The molecule has 2 aromatic carbocycles. The van der Waals surface area contributed by atoms with Crippen LogP contribution >= 0.6 is 11.6 Å². The molecule has 21 heavy (non-hydrogen) atoms. The lowest BCUT2D eigenvalue weighted by Gasteiger charge is -2.09. The number of halogens is 5. The molecular formula is C14H7ClF4N2. The Morgan fingerprint density at radius 1 is 1.00 bits per heavy atom. The number of hydrogen-bond acceptors (Lipinski definition) is 1. The standard InChI is InChI=1S/C14H7ClF4N2/c15-6-12-20-11-2-1-10(18)13(19)14(11)21(12)9-4-7(16)3-8(17)5-9/h1-5H,6H2. The molecule has 0 N–H and O–H groups in total. The van der Waals surface area contributed by atoms with E-state index in [1.54, 1.807) is 0 Å². The number of hydrogen-bond donors (Lipinski definition) is 0. The van der Waals surface area contributed by atoms with Crippen molar-refractivity contribution in [2.75, 3.05) is 0 Å². The molecule has 0 bridgehead atoms. The van der Waals surface area contributed by atoms with Gasteiger partial charge in [-0.3, -0.25) is 4.57 Å². The predicted octanol–water partition coefficient (Wildman–Crippen LogP) is 4.32. The zero-order chi connectivity index (χ0) is 15.1.